The van der Waals surface area contributed by atoms with Gasteiger partial charge in [-0.25, -0.2) is 0 Å². The molecule has 1 aliphatic heterocycles. The minimum atomic E-state index is -5.90. The van der Waals surface area contributed by atoms with Crippen molar-refractivity contribution in [3.63, 3.8) is 0 Å². The molecule has 1 rings (SSSR count). The van der Waals surface area contributed by atoms with Gasteiger partial charge in [-0.05, 0) is 12.8 Å². The summed E-state index contributed by atoms with van der Waals surface area (Å²) in [6.45, 7) is -0.796. The molecule has 1 amide bonds. The van der Waals surface area contributed by atoms with Crippen LogP contribution in [-0.4, -0.2) is 47.2 Å². The Balaban J connectivity index is 2.85. The van der Waals surface area contributed by atoms with Crippen LogP contribution in [0.2, 0.25) is 0 Å². The number of alkyl halides is 5. The SMILES string of the molecule is O=C(N1CCC[C@@H]1CO)C(F)(F)C(F)(F)F. The summed E-state index contributed by atoms with van der Waals surface area (Å²) in [5, 5.41) is 8.73. The number of nitrogens with zero attached hydrogens (tertiary/aromatic N) is 1. The molecule has 0 aliphatic carbocycles. The van der Waals surface area contributed by atoms with Crippen LogP contribution in [0.4, 0.5) is 22.0 Å². The third-order valence-electron chi connectivity index (χ3n) is 2.47. The molecule has 0 spiro atoms. The van der Waals surface area contributed by atoms with Gasteiger partial charge in [0.25, 0.3) is 0 Å². The van der Waals surface area contributed by atoms with Gasteiger partial charge < -0.3 is 10.0 Å². The van der Waals surface area contributed by atoms with Gasteiger partial charge in [0, 0.05) is 6.54 Å². The first-order chi connectivity index (χ1) is 7.21. The lowest BCUT2D eigenvalue weighted by Crippen LogP contribution is -2.54. The van der Waals surface area contributed by atoms with Crippen LogP contribution in [0.1, 0.15) is 12.8 Å². The summed E-state index contributed by atoms with van der Waals surface area (Å²) in [6.07, 6.45) is -5.35. The van der Waals surface area contributed by atoms with Crippen LogP contribution in [0.25, 0.3) is 0 Å². The molecule has 1 N–H and O–H groups in total. The van der Waals surface area contributed by atoms with Crippen molar-refractivity contribution in [2.24, 2.45) is 0 Å². The third-order valence-corrected chi connectivity index (χ3v) is 2.47. The summed E-state index contributed by atoms with van der Waals surface area (Å²) in [7, 11) is 0. The molecule has 1 saturated heterocycles. The first kappa shape index (κ1) is 13.1. The van der Waals surface area contributed by atoms with Gasteiger partial charge in [0.1, 0.15) is 0 Å². The van der Waals surface area contributed by atoms with Crippen LogP contribution in [0.5, 0.6) is 0 Å². The number of amides is 1. The van der Waals surface area contributed by atoms with Gasteiger partial charge in [0.05, 0.1) is 12.6 Å². The molecule has 0 radical (unpaired) electrons. The first-order valence-corrected chi connectivity index (χ1v) is 4.58. The largest absolute Gasteiger partial charge is 0.463 e. The van der Waals surface area contributed by atoms with Gasteiger partial charge in [0.15, 0.2) is 0 Å². The molecule has 94 valence electrons. The number of carbonyl (C=O) groups is 1. The van der Waals surface area contributed by atoms with Crippen LogP contribution < -0.4 is 0 Å². The molecular weight excluding hydrogens is 237 g/mol. The van der Waals surface area contributed by atoms with E-state index in [1.54, 1.807) is 0 Å². The van der Waals surface area contributed by atoms with Gasteiger partial charge in [-0.2, -0.15) is 22.0 Å². The molecule has 1 aliphatic rings. The summed E-state index contributed by atoms with van der Waals surface area (Å²) >= 11 is 0. The smallest absolute Gasteiger partial charge is 0.394 e. The maximum absolute atomic E-state index is 12.7. The molecule has 0 bridgehead atoms. The van der Waals surface area contributed by atoms with E-state index in [1.165, 1.54) is 0 Å². The van der Waals surface area contributed by atoms with Crippen molar-refractivity contribution in [2.75, 3.05) is 13.2 Å². The summed E-state index contributed by atoms with van der Waals surface area (Å²) in [6, 6.07) is -0.944. The minimum absolute atomic E-state index is 0.185. The number of hydrogen-bond donors (Lipinski definition) is 1. The summed E-state index contributed by atoms with van der Waals surface area (Å²) in [4.78, 5) is 11.4. The highest BCUT2D eigenvalue weighted by Crippen LogP contribution is 2.38. The highest BCUT2D eigenvalue weighted by atomic mass is 19.4. The van der Waals surface area contributed by atoms with Crippen LogP contribution in [-0.2, 0) is 4.79 Å². The van der Waals surface area contributed by atoms with Crippen molar-refractivity contribution in [3.05, 3.63) is 0 Å². The molecular formula is C8H10F5NO2. The Kier molecular flexibility index (Phi) is 3.41. The highest BCUT2D eigenvalue weighted by Gasteiger charge is 2.65. The Hall–Kier alpha value is -0.920. The number of halogens is 5. The van der Waals surface area contributed by atoms with E-state index in [-0.39, 0.29) is 13.0 Å². The molecule has 0 saturated carbocycles. The second kappa shape index (κ2) is 4.15. The lowest BCUT2D eigenvalue weighted by molar-refractivity contribution is -0.274. The summed E-state index contributed by atoms with van der Waals surface area (Å²) in [5.74, 6) is -7.67. The standard InChI is InChI=1S/C8H10F5NO2/c9-7(10,8(11,12)13)6(16)14-3-1-2-5(14)4-15/h5,15H,1-4H2/t5-/m1/s1. The number of carbonyl (C=O) groups excluding carboxylic acids is 1. The average molecular weight is 247 g/mol. The Labute approximate surface area is 87.8 Å². The van der Waals surface area contributed by atoms with Gasteiger partial charge in [0.2, 0.25) is 0 Å². The number of hydrogen-bond acceptors (Lipinski definition) is 2. The molecule has 3 nitrogen and oxygen atoms in total. The van der Waals surface area contributed by atoms with Gasteiger partial charge >= 0.3 is 18.0 Å². The predicted molar refractivity (Wildman–Crippen MR) is 42.8 cm³/mol. The number of rotatable bonds is 2. The van der Waals surface area contributed by atoms with Gasteiger partial charge in [-0.1, -0.05) is 0 Å². The molecule has 0 unspecified atom stereocenters. The Morgan fingerprint density at radius 2 is 1.88 bits per heavy atom. The molecule has 0 aromatic carbocycles. The molecule has 1 fully saturated rings. The number of aliphatic hydroxyl groups excluding tert-OH is 1. The van der Waals surface area contributed by atoms with E-state index < -0.39 is 30.7 Å². The van der Waals surface area contributed by atoms with E-state index >= 15 is 0 Å². The third kappa shape index (κ3) is 2.11. The quantitative estimate of drug-likeness (QED) is 0.744. The Morgan fingerprint density at radius 1 is 1.31 bits per heavy atom. The topological polar surface area (TPSA) is 40.5 Å². The molecule has 8 heteroatoms. The van der Waals surface area contributed by atoms with E-state index in [0.717, 1.165) is 0 Å². The lowest BCUT2D eigenvalue weighted by Gasteiger charge is -2.28. The van der Waals surface area contributed by atoms with E-state index in [0.29, 0.717) is 11.3 Å². The second-order valence-electron chi connectivity index (χ2n) is 3.55. The normalized spacial score (nSPS) is 22.6. The predicted octanol–water partition coefficient (Wildman–Crippen LogP) is 1.17. The van der Waals surface area contributed by atoms with E-state index in [9.17, 15) is 26.7 Å². The zero-order valence-electron chi connectivity index (χ0n) is 8.10. The highest BCUT2D eigenvalue weighted by molar-refractivity contribution is 5.85. The fraction of sp³-hybridized carbons (Fsp3) is 0.875. The molecule has 0 aromatic rings. The molecule has 1 heterocycles. The number of aliphatic hydroxyl groups is 1. The van der Waals surface area contributed by atoms with E-state index in [1.807, 2.05) is 0 Å². The average Bonchev–Trinajstić information content (AvgIpc) is 2.62. The van der Waals surface area contributed by atoms with Crippen LogP contribution in [0.3, 0.4) is 0 Å². The van der Waals surface area contributed by atoms with Gasteiger partial charge in [-0.3, -0.25) is 4.79 Å². The van der Waals surface area contributed by atoms with Crippen LogP contribution >= 0.6 is 0 Å². The Bertz CT molecular complexity index is 278. The van der Waals surface area contributed by atoms with Crippen molar-refractivity contribution < 1.29 is 31.9 Å². The van der Waals surface area contributed by atoms with Crippen molar-refractivity contribution in [2.45, 2.75) is 31.0 Å². The molecule has 1 atom stereocenters. The van der Waals surface area contributed by atoms with Crippen molar-refractivity contribution in [3.8, 4) is 0 Å². The summed E-state index contributed by atoms with van der Waals surface area (Å²) < 4.78 is 61.1. The van der Waals surface area contributed by atoms with Crippen LogP contribution in [0.15, 0.2) is 0 Å². The van der Waals surface area contributed by atoms with Crippen molar-refractivity contribution in [1.29, 1.82) is 0 Å². The maximum atomic E-state index is 12.7. The molecule has 16 heavy (non-hydrogen) atoms. The fourth-order valence-electron chi connectivity index (χ4n) is 1.59. The zero-order chi connectivity index (χ0) is 12.6. The van der Waals surface area contributed by atoms with Crippen molar-refractivity contribution >= 4 is 5.91 Å². The maximum Gasteiger partial charge on any atom is 0.463 e. The monoisotopic (exact) mass is 247 g/mol. The first-order valence-electron chi connectivity index (χ1n) is 4.58. The summed E-state index contributed by atoms with van der Waals surface area (Å²) in [5.41, 5.74) is 0. The fourth-order valence-corrected chi connectivity index (χ4v) is 1.59. The van der Waals surface area contributed by atoms with Crippen LogP contribution in [0, 0.1) is 0 Å². The lowest BCUT2D eigenvalue weighted by atomic mass is 10.2. The minimum Gasteiger partial charge on any atom is -0.394 e. The Morgan fingerprint density at radius 3 is 2.31 bits per heavy atom. The second-order valence-corrected chi connectivity index (χ2v) is 3.55. The van der Waals surface area contributed by atoms with Gasteiger partial charge in [-0.15, -0.1) is 0 Å². The zero-order valence-corrected chi connectivity index (χ0v) is 8.10. The molecule has 0 aromatic heterocycles. The van der Waals surface area contributed by atoms with Crippen molar-refractivity contribution in [1.82, 2.24) is 4.90 Å². The van der Waals surface area contributed by atoms with E-state index in [4.69, 9.17) is 5.11 Å². The van der Waals surface area contributed by atoms with E-state index in [2.05, 4.69) is 0 Å². The number of likely N-dealkylation sites (tertiary alicyclic amines) is 1.